The minimum atomic E-state index is -2.10. The molecule has 1 aromatic rings. The van der Waals surface area contributed by atoms with Gasteiger partial charge in [-0.25, -0.2) is 5.06 Å². The average molecular weight is 324 g/mol. The van der Waals surface area contributed by atoms with Crippen LogP contribution in [-0.2, 0) is 14.1 Å². The van der Waals surface area contributed by atoms with Crippen molar-refractivity contribution in [2.24, 2.45) is 0 Å². The van der Waals surface area contributed by atoms with Gasteiger partial charge in [-0.3, -0.25) is 9.63 Å². The number of aryl methyl sites for hydroxylation is 1. The smallest absolute Gasteiger partial charge is 0.278 e. The number of hydrogen-bond acceptors (Lipinski definition) is 3. The lowest BCUT2D eigenvalue weighted by atomic mass is 10.0. The molecule has 1 amide bonds. The SMILES string of the molecule is CON(C)C(=O)[C@H](O[Si](C)(C)C(C)(C)C)c1ccccc1C. The maximum Gasteiger partial charge on any atom is 0.278 e. The van der Waals surface area contributed by atoms with Gasteiger partial charge in [-0.1, -0.05) is 45.0 Å². The first-order valence-corrected chi connectivity index (χ1v) is 10.5. The summed E-state index contributed by atoms with van der Waals surface area (Å²) in [4.78, 5) is 17.8. The van der Waals surface area contributed by atoms with E-state index in [1.165, 1.54) is 12.2 Å². The maximum atomic E-state index is 12.7. The van der Waals surface area contributed by atoms with Crippen molar-refractivity contribution in [1.82, 2.24) is 5.06 Å². The number of carbonyl (C=O) groups is 1. The molecule has 0 saturated heterocycles. The molecule has 1 aromatic carbocycles. The molecule has 0 fully saturated rings. The van der Waals surface area contributed by atoms with E-state index in [4.69, 9.17) is 9.26 Å². The van der Waals surface area contributed by atoms with Crippen LogP contribution in [0.2, 0.25) is 18.1 Å². The maximum absolute atomic E-state index is 12.7. The van der Waals surface area contributed by atoms with Crippen molar-refractivity contribution in [1.29, 1.82) is 0 Å². The quantitative estimate of drug-likeness (QED) is 0.605. The normalized spacial score (nSPS) is 13.8. The molecule has 0 aromatic heterocycles. The Morgan fingerprint density at radius 1 is 1.23 bits per heavy atom. The van der Waals surface area contributed by atoms with Gasteiger partial charge in [0.15, 0.2) is 14.4 Å². The third kappa shape index (κ3) is 4.18. The van der Waals surface area contributed by atoms with E-state index in [2.05, 4.69) is 33.9 Å². The fourth-order valence-electron chi connectivity index (χ4n) is 1.85. The van der Waals surface area contributed by atoms with Crippen molar-refractivity contribution >= 4 is 14.2 Å². The van der Waals surface area contributed by atoms with Crippen LogP contribution in [0.3, 0.4) is 0 Å². The Hall–Kier alpha value is -1.17. The first-order chi connectivity index (χ1) is 10.0. The minimum Gasteiger partial charge on any atom is -0.401 e. The summed E-state index contributed by atoms with van der Waals surface area (Å²) >= 11 is 0. The third-order valence-corrected chi connectivity index (χ3v) is 8.94. The Labute approximate surface area is 135 Å². The largest absolute Gasteiger partial charge is 0.401 e. The van der Waals surface area contributed by atoms with Crippen molar-refractivity contribution in [2.75, 3.05) is 14.2 Å². The van der Waals surface area contributed by atoms with Crippen LogP contribution in [0.5, 0.6) is 0 Å². The molecule has 4 nitrogen and oxygen atoms in total. The molecule has 0 aliphatic carbocycles. The summed E-state index contributed by atoms with van der Waals surface area (Å²) in [7, 11) is 1.00. The zero-order chi connectivity index (χ0) is 17.1. The summed E-state index contributed by atoms with van der Waals surface area (Å²) in [6.07, 6.45) is -0.632. The van der Waals surface area contributed by atoms with E-state index in [9.17, 15) is 4.79 Å². The van der Waals surface area contributed by atoms with Gasteiger partial charge in [0, 0.05) is 7.05 Å². The first kappa shape index (κ1) is 18.9. The Morgan fingerprint density at radius 3 is 2.23 bits per heavy atom. The predicted molar refractivity (Wildman–Crippen MR) is 92.0 cm³/mol. The summed E-state index contributed by atoms with van der Waals surface area (Å²) in [6, 6.07) is 7.85. The van der Waals surface area contributed by atoms with Crippen molar-refractivity contribution in [3.63, 3.8) is 0 Å². The monoisotopic (exact) mass is 323 g/mol. The molecule has 0 heterocycles. The molecule has 124 valence electrons. The van der Waals surface area contributed by atoms with Crippen LogP contribution in [-0.4, -0.2) is 33.4 Å². The van der Waals surface area contributed by atoms with Gasteiger partial charge in [-0.05, 0) is 36.2 Å². The summed E-state index contributed by atoms with van der Waals surface area (Å²) in [5.74, 6) is -0.179. The highest BCUT2D eigenvalue weighted by atomic mass is 28.4. The zero-order valence-corrected chi connectivity index (χ0v) is 16.1. The van der Waals surface area contributed by atoms with E-state index in [0.717, 1.165) is 11.1 Å². The molecule has 1 atom stereocenters. The number of hydrogen-bond donors (Lipinski definition) is 0. The van der Waals surface area contributed by atoms with Crippen LogP contribution >= 0.6 is 0 Å². The molecule has 0 radical (unpaired) electrons. The lowest BCUT2D eigenvalue weighted by molar-refractivity contribution is -0.177. The number of nitrogens with zero attached hydrogens (tertiary/aromatic N) is 1. The van der Waals surface area contributed by atoms with Gasteiger partial charge in [0.25, 0.3) is 5.91 Å². The van der Waals surface area contributed by atoms with Gasteiger partial charge >= 0.3 is 0 Å². The second-order valence-electron chi connectivity index (χ2n) is 7.13. The number of carbonyl (C=O) groups excluding carboxylic acids is 1. The number of benzene rings is 1. The summed E-state index contributed by atoms with van der Waals surface area (Å²) in [5.41, 5.74) is 1.95. The minimum absolute atomic E-state index is 0.0276. The Morgan fingerprint density at radius 2 is 1.77 bits per heavy atom. The summed E-state index contributed by atoms with van der Waals surface area (Å²) in [6.45, 7) is 12.8. The van der Waals surface area contributed by atoms with E-state index in [1.807, 2.05) is 31.2 Å². The second-order valence-corrected chi connectivity index (χ2v) is 11.9. The van der Waals surface area contributed by atoms with Crippen molar-refractivity contribution in [3.8, 4) is 0 Å². The molecule has 1 rings (SSSR count). The lowest BCUT2D eigenvalue weighted by Gasteiger charge is -2.39. The van der Waals surface area contributed by atoms with Crippen LogP contribution in [0.25, 0.3) is 0 Å². The van der Waals surface area contributed by atoms with Gasteiger partial charge in [-0.15, -0.1) is 0 Å². The van der Waals surface area contributed by atoms with Crippen LogP contribution in [0, 0.1) is 6.92 Å². The molecule has 22 heavy (non-hydrogen) atoms. The molecular formula is C17H29NO3Si. The summed E-state index contributed by atoms with van der Waals surface area (Å²) in [5, 5.41) is 1.27. The number of likely N-dealkylation sites (N-methyl/N-ethyl adjacent to an activating group) is 1. The molecule has 0 bridgehead atoms. The predicted octanol–water partition coefficient (Wildman–Crippen LogP) is 4.08. The Bertz CT molecular complexity index is 523. The average Bonchev–Trinajstić information content (AvgIpc) is 2.42. The molecule has 0 spiro atoms. The fourth-order valence-corrected chi connectivity index (χ4v) is 3.02. The van der Waals surface area contributed by atoms with E-state index < -0.39 is 14.4 Å². The lowest BCUT2D eigenvalue weighted by Crippen LogP contribution is -2.45. The van der Waals surface area contributed by atoms with Gasteiger partial charge in [-0.2, -0.15) is 0 Å². The van der Waals surface area contributed by atoms with E-state index in [0.29, 0.717) is 0 Å². The highest BCUT2D eigenvalue weighted by Crippen LogP contribution is 2.40. The molecular weight excluding hydrogens is 294 g/mol. The standard InChI is InChI=1S/C17H29NO3Si/c1-13-11-9-10-12-14(13)15(16(19)18(5)20-6)21-22(7,8)17(2,3)4/h9-12,15H,1-8H3/t15-/m1/s1. The van der Waals surface area contributed by atoms with E-state index >= 15 is 0 Å². The molecule has 0 N–H and O–H groups in total. The second kappa shape index (κ2) is 6.94. The van der Waals surface area contributed by atoms with Crippen molar-refractivity contribution < 1.29 is 14.1 Å². The third-order valence-electron chi connectivity index (χ3n) is 4.50. The van der Waals surface area contributed by atoms with Crippen LogP contribution in [0.4, 0.5) is 0 Å². The zero-order valence-electron chi connectivity index (χ0n) is 15.1. The molecule has 5 heteroatoms. The number of amides is 1. The van der Waals surface area contributed by atoms with Gasteiger partial charge in [0.1, 0.15) is 0 Å². The number of rotatable bonds is 5. The molecule has 0 aliphatic heterocycles. The first-order valence-electron chi connectivity index (χ1n) is 7.56. The highest BCUT2D eigenvalue weighted by molar-refractivity contribution is 6.74. The van der Waals surface area contributed by atoms with E-state index in [-0.39, 0.29) is 10.9 Å². The summed E-state index contributed by atoms with van der Waals surface area (Å²) < 4.78 is 6.42. The molecule has 0 unspecified atom stereocenters. The topological polar surface area (TPSA) is 38.8 Å². The van der Waals surface area contributed by atoms with Crippen molar-refractivity contribution in [2.45, 2.75) is 51.9 Å². The van der Waals surface area contributed by atoms with Crippen LogP contribution in [0.15, 0.2) is 24.3 Å². The molecule has 0 saturated carbocycles. The van der Waals surface area contributed by atoms with Crippen molar-refractivity contribution in [3.05, 3.63) is 35.4 Å². The van der Waals surface area contributed by atoms with Gasteiger partial charge in [0.05, 0.1) is 7.11 Å². The fraction of sp³-hybridized carbons (Fsp3) is 0.588. The highest BCUT2D eigenvalue weighted by Gasteiger charge is 2.42. The molecule has 0 aliphatic rings. The van der Waals surface area contributed by atoms with Gasteiger partial charge < -0.3 is 4.43 Å². The van der Waals surface area contributed by atoms with Crippen LogP contribution in [0.1, 0.15) is 38.0 Å². The van der Waals surface area contributed by atoms with Gasteiger partial charge in [0.2, 0.25) is 0 Å². The Balaban J connectivity index is 3.25. The van der Waals surface area contributed by atoms with Crippen LogP contribution < -0.4 is 0 Å². The number of hydroxylamine groups is 2. The Kier molecular flexibility index (Phi) is 5.95. The van der Waals surface area contributed by atoms with E-state index in [1.54, 1.807) is 7.05 Å².